The second-order valence-corrected chi connectivity index (χ2v) is 14.2. The van der Waals surface area contributed by atoms with Crippen LogP contribution in [0.3, 0.4) is 0 Å². The zero-order valence-electron chi connectivity index (χ0n) is 26.0. The van der Waals surface area contributed by atoms with Crippen LogP contribution in [0.1, 0.15) is 48.8 Å². The summed E-state index contributed by atoms with van der Waals surface area (Å²) in [5.41, 5.74) is 3.12. The molecule has 9 heteroatoms. The predicted octanol–water partition coefficient (Wildman–Crippen LogP) is 6.93. The van der Waals surface area contributed by atoms with Gasteiger partial charge in [0.05, 0.1) is 10.6 Å². The summed E-state index contributed by atoms with van der Waals surface area (Å²) in [5, 5.41) is 3.64. The monoisotopic (exact) mass is 657 g/mol. The molecular weight excluding hydrogens is 618 g/mol. The van der Waals surface area contributed by atoms with E-state index < -0.39 is 28.5 Å². The first-order chi connectivity index (χ1) is 22.2. The summed E-state index contributed by atoms with van der Waals surface area (Å²) in [6.45, 7) is 1.62. The van der Waals surface area contributed by atoms with E-state index in [2.05, 4.69) is 5.32 Å². The molecule has 1 aliphatic carbocycles. The minimum Gasteiger partial charge on any atom is -0.352 e. The van der Waals surface area contributed by atoms with E-state index in [4.69, 9.17) is 11.6 Å². The minimum absolute atomic E-state index is 0.00895. The van der Waals surface area contributed by atoms with Gasteiger partial charge < -0.3 is 10.2 Å². The van der Waals surface area contributed by atoms with Crippen LogP contribution in [0.2, 0.25) is 5.02 Å². The highest BCUT2D eigenvalue weighted by Crippen LogP contribution is 2.26. The molecule has 1 N–H and O–H groups in total. The second kappa shape index (κ2) is 15.4. The van der Waals surface area contributed by atoms with Gasteiger partial charge in [-0.1, -0.05) is 109 Å². The van der Waals surface area contributed by atoms with Gasteiger partial charge >= 0.3 is 0 Å². The van der Waals surface area contributed by atoms with Gasteiger partial charge in [-0.25, -0.2) is 8.42 Å². The number of para-hydroxylation sites is 1. The van der Waals surface area contributed by atoms with Crippen molar-refractivity contribution in [3.63, 3.8) is 0 Å². The van der Waals surface area contributed by atoms with Crippen molar-refractivity contribution in [3.8, 4) is 0 Å². The van der Waals surface area contributed by atoms with Crippen LogP contribution in [0.15, 0.2) is 114 Å². The van der Waals surface area contributed by atoms with E-state index in [0.29, 0.717) is 10.7 Å². The molecule has 4 aromatic rings. The summed E-state index contributed by atoms with van der Waals surface area (Å²) in [5.74, 6) is -0.716. The number of sulfonamides is 1. The highest BCUT2D eigenvalue weighted by molar-refractivity contribution is 7.92. The van der Waals surface area contributed by atoms with Crippen LogP contribution >= 0.6 is 11.6 Å². The van der Waals surface area contributed by atoms with Crippen LogP contribution < -0.4 is 9.62 Å². The van der Waals surface area contributed by atoms with Gasteiger partial charge in [0.1, 0.15) is 12.6 Å². The van der Waals surface area contributed by atoms with Crippen molar-refractivity contribution in [1.82, 2.24) is 10.2 Å². The number of carbonyl (C=O) groups is 2. The summed E-state index contributed by atoms with van der Waals surface area (Å²) in [6, 6.07) is 31.0. The molecule has 1 fully saturated rings. The molecule has 0 saturated heterocycles. The summed E-state index contributed by atoms with van der Waals surface area (Å²) in [4.78, 5) is 30.3. The number of anilines is 1. The largest absolute Gasteiger partial charge is 0.352 e. The lowest BCUT2D eigenvalue weighted by Crippen LogP contribution is -2.55. The van der Waals surface area contributed by atoms with Gasteiger partial charge in [0.15, 0.2) is 0 Å². The van der Waals surface area contributed by atoms with Gasteiger partial charge in [-0.3, -0.25) is 13.9 Å². The summed E-state index contributed by atoms with van der Waals surface area (Å²) in [6.07, 6.45) is 5.33. The molecule has 46 heavy (non-hydrogen) atoms. The Bertz CT molecular complexity index is 1710. The molecule has 0 aliphatic heterocycles. The Morgan fingerprint density at radius 3 is 2.11 bits per heavy atom. The average Bonchev–Trinajstić information content (AvgIpc) is 3.06. The normalized spacial score (nSPS) is 14.3. The van der Waals surface area contributed by atoms with Crippen LogP contribution in [-0.4, -0.2) is 43.8 Å². The Morgan fingerprint density at radius 2 is 1.46 bits per heavy atom. The number of benzene rings is 4. The molecule has 0 heterocycles. The SMILES string of the molecule is Cc1cccc(CN(C(=O)CN(c2ccccc2)S(=O)(=O)c2ccc(Cl)cc2)[C@@H](Cc2ccccc2)C(=O)NC2CCCCC2)c1. The highest BCUT2D eigenvalue weighted by atomic mass is 35.5. The molecule has 0 radical (unpaired) electrons. The number of carbonyl (C=O) groups excluding carboxylic acids is 2. The van der Waals surface area contributed by atoms with E-state index in [1.807, 2.05) is 61.5 Å². The van der Waals surface area contributed by atoms with Crippen LogP contribution in [0.4, 0.5) is 5.69 Å². The molecule has 0 spiro atoms. The molecule has 1 saturated carbocycles. The third-order valence-electron chi connectivity index (χ3n) is 8.38. The Morgan fingerprint density at radius 1 is 0.826 bits per heavy atom. The van der Waals surface area contributed by atoms with Crippen molar-refractivity contribution in [1.29, 1.82) is 0 Å². The number of nitrogens with zero attached hydrogens (tertiary/aromatic N) is 2. The predicted molar refractivity (Wildman–Crippen MR) is 183 cm³/mol. The first-order valence-corrected chi connectivity index (χ1v) is 17.6. The summed E-state index contributed by atoms with van der Waals surface area (Å²) < 4.78 is 29.3. The van der Waals surface area contributed by atoms with E-state index in [-0.39, 0.29) is 29.8 Å². The summed E-state index contributed by atoms with van der Waals surface area (Å²) in [7, 11) is -4.18. The fourth-order valence-corrected chi connectivity index (χ4v) is 7.50. The standard InChI is InChI=1S/C37H40ClN3O4S/c1-28-12-11-15-30(24-28)26-40(35(25-29-13-5-2-6-14-29)37(43)39-32-16-7-3-8-17-32)36(42)27-41(33-18-9-4-10-19-33)46(44,45)34-22-20-31(38)21-23-34/h2,4-6,9-15,18-24,32,35H,3,7-8,16-17,25-27H2,1H3,(H,39,43)/t35-/m0/s1. The van der Waals surface area contributed by atoms with Crippen molar-refractivity contribution < 1.29 is 18.0 Å². The third-order valence-corrected chi connectivity index (χ3v) is 10.4. The van der Waals surface area contributed by atoms with E-state index in [1.54, 1.807) is 35.2 Å². The molecule has 0 unspecified atom stereocenters. The van der Waals surface area contributed by atoms with E-state index in [9.17, 15) is 18.0 Å². The second-order valence-electron chi connectivity index (χ2n) is 11.9. The molecule has 1 atom stereocenters. The fourth-order valence-electron chi connectivity index (χ4n) is 5.96. The lowest BCUT2D eigenvalue weighted by atomic mass is 9.94. The Hall–Kier alpha value is -4.14. The maximum atomic E-state index is 14.6. The molecule has 5 rings (SSSR count). The van der Waals surface area contributed by atoms with Gasteiger partial charge in [0.25, 0.3) is 10.0 Å². The van der Waals surface area contributed by atoms with Gasteiger partial charge in [-0.05, 0) is 67.3 Å². The van der Waals surface area contributed by atoms with E-state index in [0.717, 1.165) is 53.1 Å². The van der Waals surface area contributed by atoms with Crippen molar-refractivity contribution in [3.05, 3.63) is 131 Å². The number of aryl methyl sites for hydroxylation is 1. The number of hydrogen-bond donors (Lipinski definition) is 1. The minimum atomic E-state index is -4.18. The Labute approximate surface area is 277 Å². The zero-order valence-corrected chi connectivity index (χ0v) is 27.6. The summed E-state index contributed by atoms with van der Waals surface area (Å²) >= 11 is 6.07. The average molecular weight is 658 g/mol. The highest BCUT2D eigenvalue weighted by Gasteiger charge is 2.35. The molecule has 0 aromatic heterocycles. The molecule has 7 nitrogen and oxygen atoms in total. The Balaban J connectivity index is 1.55. The van der Waals surface area contributed by atoms with Crippen molar-refractivity contribution >= 4 is 39.1 Å². The third kappa shape index (κ3) is 8.56. The quantitative estimate of drug-likeness (QED) is 0.179. The fraction of sp³-hybridized carbons (Fsp3) is 0.297. The first-order valence-electron chi connectivity index (χ1n) is 15.7. The number of halogens is 1. The molecule has 2 amide bonds. The molecule has 0 bridgehead atoms. The lowest BCUT2D eigenvalue weighted by Gasteiger charge is -2.35. The topological polar surface area (TPSA) is 86.8 Å². The van der Waals surface area contributed by atoms with Gasteiger partial charge in [-0.2, -0.15) is 0 Å². The smallest absolute Gasteiger partial charge is 0.264 e. The van der Waals surface area contributed by atoms with Crippen molar-refractivity contribution in [2.24, 2.45) is 0 Å². The Kier molecular flexibility index (Phi) is 11.1. The van der Waals surface area contributed by atoms with Crippen LogP contribution in [0, 0.1) is 6.92 Å². The van der Waals surface area contributed by atoms with Crippen LogP contribution in [0.5, 0.6) is 0 Å². The number of hydrogen-bond acceptors (Lipinski definition) is 4. The lowest BCUT2D eigenvalue weighted by molar-refractivity contribution is -0.140. The van der Waals surface area contributed by atoms with Gasteiger partial charge in [-0.15, -0.1) is 0 Å². The van der Waals surface area contributed by atoms with Crippen LogP contribution in [0.25, 0.3) is 0 Å². The first kappa shape index (κ1) is 33.2. The molecule has 4 aromatic carbocycles. The van der Waals surface area contributed by atoms with E-state index in [1.165, 1.54) is 24.3 Å². The van der Waals surface area contributed by atoms with Gasteiger partial charge in [0, 0.05) is 24.0 Å². The number of rotatable bonds is 12. The maximum absolute atomic E-state index is 14.6. The number of nitrogens with one attached hydrogen (secondary N) is 1. The van der Waals surface area contributed by atoms with E-state index >= 15 is 0 Å². The maximum Gasteiger partial charge on any atom is 0.264 e. The molecular formula is C37H40ClN3O4S. The number of amides is 2. The molecule has 240 valence electrons. The van der Waals surface area contributed by atoms with Gasteiger partial charge in [0.2, 0.25) is 11.8 Å². The molecule has 1 aliphatic rings. The van der Waals surface area contributed by atoms with Crippen LogP contribution in [-0.2, 0) is 32.6 Å². The van der Waals surface area contributed by atoms with Crippen molar-refractivity contribution in [2.45, 2.75) is 69.0 Å². The van der Waals surface area contributed by atoms with Crippen molar-refractivity contribution in [2.75, 3.05) is 10.8 Å². The zero-order chi connectivity index (χ0) is 32.5.